The van der Waals surface area contributed by atoms with Gasteiger partial charge >= 0.3 is 0 Å². The summed E-state index contributed by atoms with van der Waals surface area (Å²) in [6.45, 7) is 1.06. The second kappa shape index (κ2) is 8.92. The van der Waals surface area contributed by atoms with E-state index in [2.05, 4.69) is 33.8 Å². The Labute approximate surface area is 187 Å². The first kappa shape index (κ1) is 21.7. The minimum absolute atomic E-state index is 0.0505. The number of thiophene rings is 1. The topological polar surface area (TPSA) is 69.7 Å². The van der Waals surface area contributed by atoms with Gasteiger partial charge in [0.15, 0.2) is 0 Å². The molecule has 1 N–H and O–H groups in total. The molecule has 3 aromatic rings. The number of hydrogen-bond donors (Lipinski definition) is 1. The van der Waals surface area contributed by atoms with E-state index in [1.54, 1.807) is 23.5 Å². The van der Waals surface area contributed by atoms with Crippen molar-refractivity contribution in [2.75, 3.05) is 32.5 Å². The van der Waals surface area contributed by atoms with Gasteiger partial charge in [-0.25, -0.2) is 12.7 Å². The van der Waals surface area contributed by atoms with Crippen LogP contribution in [0.1, 0.15) is 22.0 Å². The summed E-state index contributed by atoms with van der Waals surface area (Å²) in [4.78, 5) is 16.6. The third kappa shape index (κ3) is 4.57. The lowest BCUT2D eigenvalue weighted by atomic mass is 9.93. The fraction of sp³-hybridized carbons (Fsp3) is 0.261. The maximum Gasteiger partial charge on any atom is 0.242 e. The first-order chi connectivity index (χ1) is 14.9. The fourth-order valence-electron chi connectivity index (χ4n) is 3.87. The lowest BCUT2D eigenvalue weighted by Gasteiger charge is -2.35. The van der Waals surface area contributed by atoms with Crippen LogP contribution < -0.4 is 5.32 Å². The summed E-state index contributed by atoms with van der Waals surface area (Å²) in [5.41, 5.74) is 3.02. The molecule has 0 fully saturated rings. The van der Waals surface area contributed by atoms with E-state index < -0.39 is 10.0 Å². The predicted octanol–water partition coefficient (Wildman–Crippen LogP) is 3.58. The highest BCUT2D eigenvalue weighted by molar-refractivity contribution is 7.89. The van der Waals surface area contributed by atoms with Gasteiger partial charge in [-0.3, -0.25) is 9.69 Å². The molecular weight excluding hydrogens is 430 g/mol. The molecule has 0 bridgehead atoms. The van der Waals surface area contributed by atoms with E-state index in [-0.39, 0.29) is 23.4 Å². The zero-order chi connectivity index (χ0) is 22.0. The van der Waals surface area contributed by atoms with Crippen molar-refractivity contribution >= 4 is 33.0 Å². The average Bonchev–Trinajstić information content (AvgIpc) is 3.23. The van der Waals surface area contributed by atoms with Crippen molar-refractivity contribution in [2.24, 2.45) is 0 Å². The molecule has 4 rings (SSSR count). The Hall–Kier alpha value is -2.52. The molecule has 1 aliphatic rings. The van der Waals surface area contributed by atoms with Gasteiger partial charge in [-0.2, -0.15) is 0 Å². The molecular formula is C23H25N3O3S2. The third-order valence-electron chi connectivity index (χ3n) is 5.44. The van der Waals surface area contributed by atoms with Gasteiger partial charge in [0.1, 0.15) is 0 Å². The first-order valence-corrected chi connectivity index (χ1v) is 12.4. The Morgan fingerprint density at radius 2 is 1.81 bits per heavy atom. The van der Waals surface area contributed by atoms with Crippen LogP contribution in [0.25, 0.3) is 0 Å². The van der Waals surface area contributed by atoms with Crippen molar-refractivity contribution in [1.82, 2.24) is 9.21 Å². The van der Waals surface area contributed by atoms with Crippen LogP contribution in [0.2, 0.25) is 0 Å². The normalized spacial score (nSPS) is 16.8. The quantitative estimate of drug-likeness (QED) is 0.617. The summed E-state index contributed by atoms with van der Waals surface area (Å²) < 4.78 is 25.6. The van der Waals surface area contributed by atoms with E-state index in [1.807, 2.05) is 18.2 Å². The number of nitrogens with one attached hydrogen (secondary N) is 1. The molecule has 0 spiro atoms. The summed E-state index contributed by atoms with van der Waals surface area (Å²) in [6.07, 6.45) is 0.931. The van der Waals surface area contributed by atoms with Gasteiger partial charge in [0.25, 0.3) is 0 Å². The van der Waals surface area contributed by atoms with Crippen LogP contribution in [0.5, 0.6) is 0 Å². The number of sulfonamides is 1. The third-order valence-corrected chi connectivity index (χ3v) is 8.27. The van der Waals surface area contributed by atoms with Crippen LogP contribution in [-0.2, 0) is 21.2 Å². The van der Waals surface area contributed by atoms with Crippen LogP contribution in [-0.4, -0.2) is 50.7 Å². The van der Waals surface area contributed by atoms with Crippen LogP contribution >= 0.6 is 11.3 Å². The maximum atomic E-state index is 12.8. The van der Waals surface area contributed by atoms with Crippen LogP contribution in [0.4, 0.5) is 5.69 Å². The molecule has 2 heterocycles. The highest BCUT2D eigenvalue weighted by Crippen LogP contribution is 2.37. The maximum absolute atomic E-state index is 12.8. The second-order valence-electron chi connectivity index (χ2n) is 7.69. The minimum Gasteiger partial charge on any atom is -0.325 e. The van der Waals surface area contributed by atoms with Gasteiger partial charge in [0.2, 0.25) is 15.9 Å². The van der Waals surface area contributed by atoms with E-state index in [1.165, 1.54) is 46.5 Å². The van der Waals surface area contributed by atoms with E-state index in [0.717, 1.165) is 13.0 Å². The number of rotatable bonds is 6. The van der Waals surface area contributed by atoms with Gasteiger partial charge in [-0.15, -0.1) is 11.3 Å². The molecule has 1 atom stereocenters. The number of hydrogen-bond acceptors (Lipinski definition) is 5. The Morgan fingerprint density at radius 3 is 2.48 bits per heavy atom. The number of fused-ring (bicyclic) bond motifs is 1. The standard InChI is InChI=1S/C23H25N3O3S2/c1-25(2)31(28,29)19-10-8-18(9-11-19)24-22(27)16-26-14-12-21-20(13-15-30-21)23(26)17-6-4-3-5-7-17/h3-11,13,15,23H,12,14,16H2,1-2H3,(H,24,27)/t23-/m1/s1. The molecule has 31 heavy (non-hydrogen) atoms. The molecule has 6 nitrogen and oxygen atoms in total. The lowest BCUT2D eigenvalue weighted by molar-refractivity contribution is -0.117. The summed E-state index contributed by atoms with van der Waals surface area (Å²) in [5, 5.41) is 5.02. The number of benzene rings is 2. The van der Waals surface area contributed by atoms with Gasteiger partial charge in [-0.1, -0.05) is 30.3 Å². The number of carbonyl (C=O) groups excluding carboxylic acids is 1. The smallest absolute Gasteiger partial charge is 0.242 e. The zero-order valence-electron chi connectivity index (χ0n) is 17.5. The Morgan fingerprint density at radius 1 is 1.10 bits per heavy atom. The molecule has 0 unspecified atom stereocenters. The SMILES string of the molecule is CN(C)S(=O)(=O)c1ccc(NC(=O)CN2CCc3sccc3[C@H]2c2ccccc2)cc1. The molecule has 0 radical (unpaired) electrons. The van der Waals surface area contributed by atoms with Crippen LogP contribution in [0.3, 0.4) is 0 Å². The average molecular weight is 456 g/mol. The Bertz CT molecular complexity index is 1160. The second-order valence-corrected chi connectivity index (χ2v) is 10.8. The Balaban J connectivity index is 1.49. The van der Waals surface area contributed by atoms with Gasteiger partial charge in [-0.05, 0) is 53.3 Å². The van der Waals surface area contributed by atoms with Crippen molar-refractivity contribution in [2.45, 2.75) is 17.4 Å². The Kier molecular flexibility index (Phi) is 6.24. The largest absolute Gasteiger partial charge is 0.325 e. The van der Waals surface area contributed by atoms with Gasteiger partial charge in [0, 0.05) is 31.2 Å². The van der Waals surface area contributed by atoms with Crippen molar-refractivity contribution in [3.8, 4) is 0 Å². The first-order valence-electron chi connectivity index (χ1n) is 10.0. The minimum atomic E-state index is -3.49. The molecule has 0 saturated carbocycles. The molecule has 1 aliphatic heterocycles. The summed E-state index contributed by atoms with van der Waals surface area (Å²) in [6, 6.07) is 18.7. The summed E-state index contributed by atoms with van der Waals surface area (Å²) in [5.74, 6) is -0.122. The van der Waals surface area contributed by atoms with E-state index in [9.17, 15) is 13.2 Å². The molecule has 1 amide bonds. The predicted molar refractivity (Wildman–Crippen MR) is 124 cm³/mol. The fourth-order valence-corrected chi connectivity index (χ4v) is 5.68. The molecule has 0 aliphatic carbocycles. The highest BCUT2D eigenvalue weighted by atomic mass is 32.2. The molecule has 8 heteroatoms. The van der Waals surface area contributed by atoms with E-state index in [4.69, 9.17) is 0 Å². The van der Waals surface area contributed by atoms with Crippen LogP contribution in [0.15, 0.2) is 70.9 Å². The highest BCUT2D eigenvalue weighted by Gasteiger charge is 2.30. The van der Waals surface area contributed by atoms with Gasteiger partial charge < -0.3 is 5.32 Å². The zero-order valence-corrected chi connectivity index (χ0v) is 19.1. The van der Waals surface area contributed by atoms with Crippen molar-refractivity contribution in [3.63, 3.8) is 0 Å². The van der Waals surface area contributed by atoms with Crippen molar-refractivity contribution < 1.29 is 13.2 Å². The number of nitrogens with zero attached hydrogens (tertiary/aromatic N) is 2. The number of amides is 1. The van der Waals surface area contributed by atoms with Gasteiger partial charge in [0.05, 0.1) is 17.5 Å². The van der Waals surface area contributed by atoms with Crippen molar-refractivity contribution in [1.29, 1.82) is 0 Å². The van der Waals surface area contributed by atoms with E-state index in [0.29, 0.717) is 5.69 Å². The number of carbonyl (C=O) groups is 1. The monoisotopic (exact) mass is 455 g/mol. The summed E-state index contributed by atoms with van der Waals surface area (Å²) >= 11 is 1.77. The molecule has 2 aromatic carbocycles. The molecule has 162 valence electrons. The molecule has 0 saturated heterocycles. The van der Waals surface area contributed by atoms with E-state index >= 15 is 0 Å². The van der Waals surface area contributed by atoms with Crippen LogP contribution in [0, 0.1) is 0 Å². The molecule has 1 aromatic heterocycles. The van der Waals surface area contributed by atoms with Crippen molar-refractivity contribution in [3.05, 3.63) is 82.0 Å². The summed E-state index contributed by atoms with van der Waals surface area (Å²) in [7, 11) is -0.509. The number of anilines is 1. The lowest BCUT2D eigenvalue weighted by Crippen LogP contribution is -2.40.